The molecule has 0 fully saturated rings. The van der Waals surface area contributed by atoms with Crippen LogP contribution in [0.15, 0.2) is 58.9 Å². The van der Waals surface area contributed by atoms with Gasteiger partial charge in [0, 0.05) is 16.7 Å². The summed E-state index contributed by atoms with van der Waals surface area (Å²) in [5.74, 6) is 1.18. The lowest BCUT2D eigenvalue weighted by molar-refractivity contribution is 0.628. The molecule has 2 aromatic carbocycles. The van der Waals surface area contributed by atoms with Crippen molar-refractivity contribution in [1.29, 1.82) is 5.26 Å². The Kier molecular flexibility index (Phi) is 4.88. The Bertz CT molecular complexity index is 1160. The molecule has 3 nitrogen and oxygen atoms in total. The van der Waals surface area contributed by atoms with Crippen molar-refractivity contribution in [3.8, 4) is 17.2 Å². The fourth-order valence-corrected chi connectivity index (χ4v) is 4.93. The molecule has 27 heavy (non-hydrogen) atoms. The fourth-order valence-electron chi connectivity index (χ4n) is 2.84. The molecule has 4 rings (SSSR count). The van der Waals surface area contributed by atoms with E-state index < -0.39 is 0 Å². The van der Waals surface area contributed by atoms with Crippen LogP contribution in [0.25, 0.3) is 21.3 Å². The number of thioether (sulfide) groups is 1. The lowest BCUT2D eigenvalue weighted by Crippen LogP contribution is -1.92. The van der Waals surface area contributed by atoms with E-state index in [1.54, 1.807) is 41.3 Å². The molecular weight excluding hydrogens is 377 g/mol. The second-order valence-electron chi connectivity index (χ2n) is 6.01. The van der Waals surface area contributed by atoms with Crippen molar-refractivity contribution < 1.29 is 4.39 Å². The van der Waals surface area contributed by atoms with E-state index >= 15 is 0 Å². The molecule has 0 saturated carbocycles. The first-order valence-electron chi connectivity index (χ1n) is 8.27. The summed E-state index contributed by atoms with van der Waals surface area (Å²) < 4.78 is 13.3. The van der Waals surface area contributed by atoms with Crippen LogP contribution in [0.5, 0.6) is 0 Å². The molecule has 0 spiro atoms. The fraction of sp³-hybridized carbons (Fsp3) is 0.0952. The molecule has 0 unspecified atom stereocenters. The molecule has 0 N–H and O–H groups in total. The minimum atomic E-state index is -0.252. The highest BCUT2D eigenvalue weighted by Gasteiger charge is 2.15. The molecule has 0 saturated heterocycles. The second kappa shape index (κ2) is 7.47. The third-order valence-corrected chi connectivity index (χ3v) is 6.02. The van der Waals surface area contributed by atoms with E-state index in [0.717, 1.165) is 37.8 Å². The number of rotatable bonds is 4. The van der Waals surface area contributed by atoms with Crippen molar-refractivity contribution in [2.24, 2.45) is 0 Å². The molecule has 0 radical (unpaired) electrons. The van der Waals surface area contributed by atoms with Crippen LogP contribution in [-0.2, 0) is 5.75 Å². The molecule has 0 aliphatic carbocycles. The smallest absolute Gasteiger partial charge is 0.128 e. The Labute approximate surface area is 164 Å². The van der Waals surface area contributed by atoms with Crippen LogP contribution in [0.1, 0.15) is 17.0 Å². The Hall–Kier alpha value is -2.75. The van der Waals surface area contributed by atoms with Gasteiger partial charge < -0.3 is 0 Å². The van der Waals surface area contributed by atoms with E-state index in [2.05, 4.69) is 16.0 Å². The van der Waals surface area contributed by atoms with E-state index in [9.17, 15) is 4.39 Å². The van der Waals surface area contributed by atoms with E-state index in [1.165, 1.54) is 12.1 Å². The van der Waals surface area contributed by atoms with Crippen molar-refractivity contribution in [3.63, 3.8) is 0 Å². The van der Waals surface area contributed by atoms with Gasteiger partial charge >= 0.3 is 0 Å². The molecule has 4 aromatic rings. The minimum Gasteiger partial charge on any atom is -0.226 e. The molecule has 6 heteroatoms. The first kappa shape index (κ1) is 17.7. The first-order chi connectivity index (χ1) is 13.1. The number of hydrogen-bond donors (Lipinski definition) is 0. The van der Waals surface area contributed by atoms with Crippen molar-refractivity contribution >= 4 is 33.3 Å². The third kappa shape index (κ3) is 3.70. The van der Waals surface area contributed by atoms with Crippen molar-refractivity contribution in [2.45, 2.75) is 17.7 Å². The third-order valence-electron chi connectivity index (χ3n) is 4.10. The van der Waals surface area contributed by atoms with Crippen LogP contribution in [0.4, 0.5) is 4.39 Å². The molecule has 0 atom stereocenters. The van der Waals surface area contributed by atoms with Crippen LogP contribution >= 0.6 is 23.1 Å². The quantitative estimate of drug-likeness (QED) is 0.318. The number of aryl methyl sites for hydroxylation is 1. The summed E-state index contributed by atoms with van der Waals surface area (Å²) in [7, 11) is 0. The van der Waals surface area contributed by atoms with Gasteiger partial charge in [-0.1, -0.05) is 24.3 Å². The zero-order valence-corrected chi connectivity index (χ0v) is 16.1. The average Bonchev–Trinajstić information content (AvgIpc) is 3.10. The summed E-state index contributed by atoms with van der Waals surface area (Å²) in [5, 5.41) is 13.0. The minimum absolute atomic E-state index is 0.252. The van der Waals surface area contributed by atoms with Crippen LogP contribution in [0, 0.1) is 24.1 Å². The number of fused-ring (bicyclic) bond motifs is 1. The van der Waals surface area contributed by atoms with E-state index in [0.29, 0.717) is 11.3 Å². The molecule has 2 heterocycles. The lowest BCUT2D eigenvalue weighted by atomic mass is 10.1. The Morgan fingerprint density at radius 1 is 1.15 bits per heavy atom. The van der Waals surface area contributed by atoms with Crippen LogP contribution in [0.2, 0.25) is 0 Å². The van der Waals surface area contributed by atoms with Gasteiger partial charge in [0.15, 0.2) is 0 Å². The molecule has 2 aromatic heterocycles. The Morgan fingerprint density at radius 3 is 2.74 bits per heavy atom. The Morgan fingerprint density at radius 2 is 1.96 bits per heavy atom. The van der Waals surface area contributed by atoms with Crippen LogP contribution in [-0.4, -0.2) is 9.97 Å². The highest BCUT2D eigenvalue weighted by molar-refractivity contribution is 7.98. The summed E-state index contributed by atoms with van der Waals surface area (Å²) in [5.41, 5.74) is 3.69. The highest BCUT2D eigenvalue weighted by atomic mass is 32.2. The number of halogens is 1. The highest BCUT2D eigenvalue weighted by Crippen LogP contribution is 2.39. The molecule has 0 aliphatic heterocycles. The summed E-state index contributed by atoms with van der Waals surface area (Å²) in [4.78, 5) is 10.1. The molecular formula is C21H14FN3S2. The van der Waals surface area contributed by atoms with Gasteiger partial charge in [0.2, 0.25) is 0 Å². The van der Waals surface area contributed by atoms with Gasteiger partial charge in [-0.15, -0.1) is 23.1 Å². The average molecular weight is 391 g/mol. The number of nitriles is 1. The number of thiophene rings is 1. The summed E-state index contributed by atoms with van der Waals surface area (Å²) in [6, 6.07) is 16.3. The normalized spacial score (nSPS) is 10.9. The molecule has 0 amide bonds. The van der Waals surface area contributed by atoms with Crippen molar-refractivity contribution in [2.75, 3.05) is 0 Å². The van der Waals surface area contributed by atoms with Crippen LogP contribution < -0.4 is 0 Å². The number of benzene rings is 2. The van der Waals surface area contributed by atoms with Gasteiger partial charge in [-0.2, -0.15) is 5.26 Å². The van der Waals surface area contributed by atoms with Gasteiger partial charge in [-0.05, 0) is 42.3 Å². The maximum absolute atomic E-state index is 13.3. The van der Waals surface area contributed by atoms with Gasteiger partial charge in [-0.25, -0.2) is 14.4 Å². The van der Waals surface area contributed by atoms with Gasteiger partial charge in [0.25, 0.3) is 0 Å². The predicted octanol–water partition coefficient (Wildman–Crippen LogP) is 5.97. The largest absolute Gasteiger partial charge is 0.226 e. The zero-order chi connectivity index (χ0) is 18.8. The lowest BCUT2D eigenvalue weighted by Gasteiger charge is -2.07. The standard InChI is InChI=1S/C21H14FN3S2/c1-13-24-20(26-11-15-4-2-3-14(9-15)10-23)19-18(12-27-21(19)25-13)16-5-7-17(22)8-6-16/h2-9,12H,11H2,1H3. The summed E-state index contributed by atoms with van der Waals surface area (Å²) in [6.07, 6.45) is 0. The summed E-state index contributed by atoms with van der Waals surface area (Å²) in [6.45, 7) is 1.89. The SMILES string of the molecule is Cc1nc(SCc2cccc(C#N)c2)c2c(-c3ccc(F)cc3)csc2n1. The number of aromatic nitrogens is 2. The second-order valence-corrected chi connectivity index (χ2v) is 7.84. The van der Waals surface area contributed by atoms with Gasteiger partial charge in [0.1, 0.15) is 21.5 Å². The van der Waals surface area contributed by atoms with Crippen molar-refractivity contribution in [1.82, 2.24) is 9.97 Å². The zero-order valence-electron chi connectivity index (χ0n) is 14.4. The van der Waals surface area contributed by atoms with Crippen LogP contribution in [0.3, 0.4) is 0 Å². The monoisotopic (exact) mass is 391 g/mol. The van der Waals surface area contributed by atoms with Crippen molar-refractivity contribution in [3.05, 3.63) is 76.7 Å². The molecule has 0 aliphatic rings. The molecule has 132 valence electrons. The topological polar surface area (TPSA) is 49.6 Å². The van der Waals surface area contributed by atoms with E-state index in [4.69, 9.17) is 5.26 Å². The first-order valence-corrected chi connectivity index (χ1v) is 10.1. The van der Waals surface area contributed by atoms with E-state index in [-0.39, 0.29) is 5.82 Å². The maximum Gasteiger partial charge on any atom is 0.128 e. The van der Waals surface area contributed by atoms with Gasteiger partial charge in [0.05, 0.1) is 17.0 Å². The predicted molar refractivity (Wildman–Crippen MR) is 108 cm³/mol. The maximum atomic E-state index is 13.3. The van der Waals surface area contributed by atoms with Gasteiger partial charge in [-0.3, -0.25) is 0 Å². The number of hydrogen-bond acceptors (Lipinski definition) is 5. The molecule has 0 bridgehead atoms. The summed E-state index contributed by atoms with van der Waals surface area (Å²) >= 11 is 3.19. The Balaban J connectivity index is 1.74. The van der Waals surface area contributed by atoms with E-state index in [1.807, 2.05) is 30.5 Å². The number of nitrogens with zero attached hydrogens (tertiary/aromatic N) is 3.